The van der Waals surface area contributed by atoms with E-state index in [1.807, 2.05) is 25.5 Å². The molecule has 1 aliphatic rings. The predicted octanol–water partition coefficient (Wildman–Crippen LogP) is 2.33. The largest absolute Gasteiger partial charge is 0.478 e. The van der Waals surface area contributed by atoms with E-state index in [9.17, 15) is 14.0 Å². The molecule has 2 heterocycles. The number of nitrogens with zero attached hydrogens (tertiary/aromatic N) is 3. The van der Waals surface area contributed by atoms with E-state index in [1.54, 1.807) is 17.3 Å². The van der Waals surface area contributed by atoms with Crippen molar-refractivity contribution in [3.63, 3.8) is 0 Å². The molecule has 138 valence electrons. The highest BCUT2D eigenvalue weighted by molar-refractivity contribution is 5.97. The van der Waals surface area contributed by atoms with Crippen LogP contribution in [0, 0.1) is 5.82 Å². The van der Waals surface area contributed by atoms with E-state index >= 15 is 0 Å². The molecule has 3 rings (SSSR count). The fourth-order valence-electron chi connectivity index (χ4n) is 2.61. The molecule has 1 aromatic heterocycles. The van der Waals surface area contributed by atoms with Crippen molar-refractivity contribution >= 4 is 23.3 Å². The summed E-state index contributed by atoms with van der Waals surface area (Å²) in [5.41, 5.74) is 0.416. The number of fused-ring (bicyclic) bond motifs is 1. The monoisotopic (exact) mass is 361 g/mol. The number of rotatable bonds is 4. The number of amides is 3. The number of urea groups is 1. The zero-order valence-corrected chi connectivity index (χ0v) is 14.7. The van der Waals surface area contributed by atoms with Gasteiger partial charge in [0.1, 0.15) is 5.82 Å². The summed E-state index contributed by atoms with van der Waals surface area (Å²) in [5.74, 6) is -0.334. The van der Waals surface area contributed by atoms with E-state index in [2.05, 4.69) is 15.6 Å². The van der Waals surface area contributed by atoms with Gasteiger partial charge in [0.05, 0.1) is 12.2 Å². The van der Waals surface area contributed by atoms with Gasteiger partial charge in [-0.1, -0.05) is 0 Å². The quantitative estimate of drug-likeness (QED) is 0.875. The number of anilines is 2. The standard InChI is InChI=1S/C17H20FN5O3/c1-10(2)23(8-14-19-4-5-22(14)3)17(25)20-11-6-12(18)16-13(7-11)21-15(24)9-26-16/h4-7,10H,8-9H2,1-3H3,(H,20,25)(H,21,24). The second-order valence-electron chi connectivity index (χ2n) is 6.28. The first kappa shape index (κ1) is 17.7. The molecule has 0 unspecified atom stereocenters. The SMILES string of the molecule is CC(C)N(Cc1nccn1C)C(=O)Nc1cc(F)c2c(c1)NC(=O)CO2. The van der Waals surface area contributed by atoms with Gasteiger partial charge in [0.25, 0.3) is 5.91 Å². The molecule has 2 aromatic rings. The Labute approximate surface area is 150 Å². The van der Waals surface area contributed by atoms with E-state index in [4.69, 9.17) is 4.74 Å². The van der Waals surface area contributed by atoms with Gasteiger partial charge in [-0.2, -0.15) is 0 Å². The summed E-state index contributed by atoms with van der Waals surface area (Å²) in [5, 5.41) is 5.19. The van der Waals surface area contributed by atoms with E-state index in [0.29, 0.717) is 6.54 Å². The van der Waals surface area contributed by atoms with Crippen LogP contribution < -0.4 is 15.4 Å². The summed E-state index contributed by atoms with van der Waals surface area (Å²) in [6.07, 6.45) is 3.46. The lowest BCUT2D eigenvalue weighted by atomic mass is 10.2. The number of hydrogen-bond donors (Lipinski definition) is 2. The van der Waals surface area contributed by atoms with Crippen molar-refractivity contribution in [3.05, 3.63) is 36.2 Å². The molecule has 0 aliphatic carbocycles. The maximum absolute atomic E-state index is 14.2. The van der Waals surface area contributed by atoms with Crippen LogP contribution in [0.25, 0.3) is 0 Å². The number of hydrogen-bond acceptors (Lipinski definition) is 4. The molecule has 0 saturated heterocycles. The fraction of sp³-hybridized carbons (Fsp3) is 0.353. The molecule has 1 aromatic carbocycles. The van der Waals surface area contributed by atoms with Crippen LogP contribution in [0.15, 0.2) is 24.5 Å². The normalized spacial score (nSPS) is 13.0. The van der Waals surface area contributed by atoms with Crippen molar-refractivity contribution in [2.75, 3.05) is 17.2 Å². The van der Waals surface area contributed by atoms with Gasteiger partial charge in [0, 0.05) is 37.2 Å². The zero-order chi connectivity index (χ0) is 18.8. The van der Waals surface area contributed by atoms with Crippen LogP contribution in [0.2, 0.25) is 0 Å². The van der Waals surface area contributed by atoms with Crippen molar-refractivity contribution in [1.29, 1.82) is 0 Å². The number of benzene rings is 1. The van der Waals surface area contributed by atoms with Crippen LogP contribution in [0.5, 0.6) is 5.75 Å². The Bertz CT molecular complexity index is 849. The van der Waals surface area contributed by atoms with Crippen LogP contribution in [0.1, 0.15) is 19.7 Å². The van der Waals surface area contributed by atoms with Crippen LogP contribution in [-0.2, 0) is 18.4 Å². The van der Waals surface area contributed by atoms with Gasteiger partial charge in [-0.25, -0.2) is 14.2 Å². The molecular formula is C17H20FN5O3. The lowest BCUT2D eigenvalue weighted by molar-refractivity contribution is -0.118. The molecule has 0 spiro atoms. The number of nitrogens with one attached hydrogen (secondary N) is 2. The maximum Gasteiger partial charge on any atom is 0.322 e. The van der Waals surface area contributed by atoms with E-state index < -0.39 is 11.8 Å². The lowest BCUT2D eigenvalue weighted by Crippen LogP contribution is -2.40. The average molecular weight is 361 g/mol. The Morgan fingerprint density at radius 3 is 2.92 bits per heavy atom. The summed E-state index contributed by atoms with van der Waals surface area (Å²) in [7, 11) is 1.85. The van der Waals surface area contributed by atoms with E-state index in [1.165, 1.54) is 6.07 Å². The first-order valence-electron chi connectivity index (χ1n) is 8.15. The van der Waals surface area contributed by atoms with Crippen molar-refractivity contribution in [2.45, 2.75) is 26.4 Å². The molecule has 0 fully saturated rings. The average Bonchev–Trinajstić information content (AvgIpc) is 2.96. The Morgan fingerprint density at radius 2 is 2.27 bits per heavy atom. The van der Waals surface area contributed by atoms with Gasteiger partial charge in [-0.05, 0) is 19.9 Å². The van der Waals surface area contributed by atoms with Crippen molar-refractivity contribution in [3.8, 4) is 5.75 Å². The maximum atomic E-state index is 14.2. The molecule has 3 amide bonds. The Morgan fingerprint density at radius 1 is 1.50 bits per heavy atom. The van der Waals surface area contributed by atoms with Gasteiger partial charge in [0.2, 0.25) is 0 Å². The summed E-state index contributed by atoms with van der Waals surface area (Å²) >= 11 is 0. The molecule has 0 atom stereocenters. The summed E-state index contributed by atoms with van der Waals surface area (Å²) in [4.78, 5) is 29.9. The van der Waals surface area contributed by atoms with Crippen LogP contribution in [0.3, 0.4) is 0 Å². The van der Waals surface area contributed by atoms with Crippen molar-refractivity contribution in [1.82, 2.24) is 14.5 Å². The third-order valence-corrected chi connectivity index (χ3v) is 4.03. The highest BCUT2D eigenvalue weighted by Gasteiger charge is 2.23. The van der Waals surface area contributed by atoms with Crippen molar-refractivity contribution < 1.29 is 18.7 Å². The molecule has 8 nitrogen and oxygen atoms in total. The summed E-state index contributed by atoms with van der Waals surface area (Å²) < 4.78 is 21.1. The second-order valence-corrected chi connectivity index (χ2v) is 6.28. The minimum absolute atomic E-state index is 0.0312. The molecule has 0 bridgehead atoms. The minimum Gasteiger partial charge on any atom is -0.478 e. The van der Waals surface area contributed by atoms with Crippen LogP contribution >= 0.6 is 0 Å². The summed E-state index contributed by atoms with van der Waals surface area (Å²) in [6, 6.07) is 2.13. The molecule has 0 saturated carbocycles. The van der Waals surface area contributed by atoms with Gasteiger partial charge < -0.3 is 24.8 Å². The van der Waals surface area contributed by atoms with Crippen LogP contribution in [0.4, 0.5) is 20.6 Å². The van der Waals surface area contributed by atoms with Crippen molar-refractivity contribution in [2.24, 2.45) is 7.05 Å². The number of carbonyl (C=O) groups is 2. The van der Waals surface area contributed by atoms with E-state index in [-0.39, 0.29) is 35.7 Å². The predicted molar refractivity (Wildman–Crippen MR) is 93.4 cm³/mol. The fourth-order valence-corrected chi connectivity index (χ4v) is 2.61. The molecule has 26 heavy (non-hydrogen) atoms. The molecular weight excluding hydrogens is 341 g/mol. The molecule has 0 radical (unpaired) electrons. The number of imidazole rings is 1. The molecule has 2 N–H and O–H groups in total. The van der Waals surface area contributed by atoms with Gasteiger partial charge in [-0.15, -0.1) is 0 Å². The molecule has 1 aliphatic heterocycles. The Kier molecular flexibility index (Phi) is 4.79. The van der Waals surface area contributed by atoms with Crippen LogP contribution in [-0.4, -0.2) is 39.0 Å². The minimum atomic E-state index is -0.655. The Hall–Kier alpha value is -3.10. The molecule has 9 heteroatoms. The third-order valence-electron chi connectivity index (χ3n) is 4.03. The van der Waals surface area contributed by atoms with E-state index in [0.717, 1.165) is 11.9 Å². The number of carbonyl (C=O) groups excluding carboxylic acids is 2. The highest BCUT2D eigenvalue weighted by atomic mass is 19.1. The van der Waals surface area contributed by atoms with Gasteiger partial charge in [-0.3, -0.25) is 4.79 Å². The first-order chi connectivity index (χ1) is 12.3. The first-order valence-corrected chi connectivity index (χ1v) is 8.15. The summed E-state index contributed by atoms with van der Waals surface area (Å²) in [6.45, 7) is 3.83. The number of ether oxygens (including phenoxy) is 1. The number of aromatic nitrogens is 2. The van der Waals surface area contributed by atoms with Gasteiger partial charge >= 0.3 is 6.03 Å². The second kappa shape index (κ2) is 7.03. The number of halogens is 1. The van der Waals surface area contributed by atoms with Gasteiger partial charge in [0.15, 0.2) is 18.2 Å². The highest BCUT2D eigenvalue weighted by Crippen LogP contribution is 2.34. The third kappa shape index (κ3) is 3.61. The lowest BCUT2D eigenvalue weighted by Gasteiger charge is -2.27. The number of aryl methyl sites for hydroxylation is 1. The smallest absolute Gasteiger partial charge is 0.322 e. The Balaban J connectivity index is 1.79. The topological polar surface area (TPSA) is 88.5 Å². The zero-order valence-electron chi connectivity index (χ0n) is 14.7.